The first-order valence-corrected chi connectivity index (χ1v) is 15.2. The molecule has 0 aromatic carbocycles. The summed E-state index contributed by atoms with van der Waals surface area (Å²) < 4.78 is 32.7. The molecule has 0 aliphatic heterocycles. The molecule has 182 valence electrons. The monoisotopic (exact) mass is 468 g/mol. The van der Waals surface area contributed by atoms with Crippen LogP contribution >= 0.6 is 0 Å². The Kier molecular flexibility index (Phi) is 19.8. The minimum absolute atomic E-state index is 0.891. The van der Waals surface area contributed by atoms with Crippen molar-refractivity contribution in [3.63, 3.8) is 0 Å². The second-order valence-electron chi connectivity index (χ2n) is 7.42. The molecule has 30 heavy (non-hydrogen) atoms. The number of nitrogens with one attached hydrogen (secondary N) is 2. The van der Waals surface area contributed by atoms with Gasteiger partial charge in [0.2, 0.25) is 0 Å². The maximum atomic E-state index is 5.44. The molecule has 0 amide bonds. The average Bonchev–Trinajstić information content (AvgIpc) is 2.79. The highest BCUT2D eigenvalue weighted by molar-refractivity contribution is 6.60. The molecule has 0 radical (unpaired) electrons. The molecule has 0 fully saturated rings. The van der Waals surface area contributed by atoms with E-state index in [-0.39, 0.29) is 0 Å². The molecule has 2 N–H and O–H groups in total. The molecule has 0 rings (SSSR count). The summed E-state index contributed by atoms with van der Waals surface area (Å²) in [5, 5.41) is 7.02. The molecule has 0 aliphatic rings. The van der Waals surface area contributed by atoms with E-state index in [4.69, 9.17) is 26.6 Å². The fraction of sp³-hybridized carbons (Fsp3) is 1.00. The van der Waals surface area contributed by atoms with Gasteiger partial charge < -0.3 is 37.2 Å². The Balaban J connectivity index is 3.38. The summed E-state index contributed by atoms with van der Waals surface area (Å²) in [4.78, 5) is 0. The van der Waals surface area contributed by atoms with E-state index in [1.54, 1.807) is 42.7 Å². The lowest BCUT2D eigenvalue weighted by Gasteiger charge is -2.24. The molecule has 0 heterocycles. The van der Waals surface area contributed by atoms with Crippen LogP contribution in [0.5, 0.6) is 0 Å². The van der Waals surface area contributed by atoms with Crippen LogP contribution in [0.1, 0.15) is 51.4 Å². The standard InChI is InChI=1S/C20H48N2O6Si2/c1-23-29(24-2,25-3)19-13-9-7-11-15-21-17-18-22-16-12-8-10-14-20-30(26-4,27-5)28-6/h21-22H,7-20H2,1-6H3. The number of hydrogen-bond acceptors (Lipinski definition) is 8. The first-order valence-electron chi connectivity index (χ1n) is 11.3. The fourth-order valence-electron chi connectivity index (χ4n) is 3.43. The Hall–Kier alpha value is 0.114. The zero-order valence-electron chi connectivity index (χ0n) is 20.3. The third-order valence-corrected chi connectivity index (χ3v) is 11.2. The third-order valence-electron chi connectivity index (χ3n) is 5.52. The van der Waals surface area contributed by atoms with E-state index in [1.807, 2.05) is 0 Å². The average molecular weight is 469 g/mol. The Morgan fingerprint density at radius 1 is 0.400 bits per heavy atom. The molecule has 0 aliphatic carbocycles. The summed E-state index contributed by atoms with van der Waals surface area (Å²) >= 11 is 0. The van der Waals surface area contributed by atoms with E-state index in [9.17, 15) is 0 Å². The van der Waals surface area contributed by atoms with Crippen LogP contribution in [0.15, 0.2) is 0 Å². The topological polar surface area (TPSA) is 79.4 Å². The molecule has 10 heteroatoms. The molecular weight excluding hydrogens is 420 g/mol. The fourth-order valence-corrected chi connectivity index (χ4v) is 7.02. The van der Waals surface area contributed by atoms with E-state index < -0.39 is 17.6 Å². The van der Waals surface area contributed by atoms with Gasteiger partial charge in [-0.15, -0.1) is 0 Å². The van der Waals surface area contributed by atoms with E-state index >= 15 is 0 Å². The lowest BCUT2D eigenvalue weighted by molar-refractivity contribution is 0.122. The summed E-state index contributed by atoms with van der Waals surface area (Å²) in [5.74, 6) is 0. The van der Waals surface area contributed by atoms with Gasteiger partial charge in [0.25, 0.3) is 0 Å². The summed E-state index contributed by atoms with van der Waals surface area (Å²) in [5.41, 5.74) is 0. The molecular formula is C20H48N2O6Si2. The minimum Gasteiger partial charge on any atom is -0.377 e. The van der Waals surface area contributed by atoms with Gasteiger partial charge in [-0.3, -0.25) is 0 Å². The van der Waals surface area contributed by atoms with Crippen LogP contribution in [0.25, 0.3) is 0 Å². The van der Waals surface area contributed by atoms with E-state index in [0.29, 0.717) is 0 Å². The van der Waals surface area contributed by atoms with Crippen molar-refractivity contribution in [1.82, 2.24) is 10.6 Å². The summed E-state index contributed by atoms with van der Waals surface area (Å²) in [6.45, 7) is 4.20. The van der Waals surface area contributed by atoms with Crippen molar-refractivity contribution in [1.29, 1.82) is 0 Å². The quantitative estimate of drug-likeness (QED) is 0.175. The zero-order chi connectivity index (χ0) is 22.6. The highest BCUT2D eigenvalue weighted by atomic mass is 28.4. The van der Waals surface area contributed by atoms with Crippen molar-refractivity contribution in [3.8, 4) is 0 Å². The van der Waals surface area contributed by atoms with Crippen molar-refractivity contribution in [3.05, 3.63) is 0 Å². The lowest BCUT2D eigenvalue weighted by Crippen LogP contribution is -2.42. The Morgan fingerprint density at radius 2 is 0.700 bits per heavy atom. The van der Waals surface area contributed by atoms with Gasteiger partial charge in [-0.1, -0.05) is 25.7 Å². The molecule has 0 spiro atoms. The first kappa shape index (κ1) is 30.1. The van der Waals surface area contributed by atoms with Crippen molar-refractivity contribution >= 4 is 17.6 Å². The molecule has 0 atom stereocenters. The van der Waals surface area contributed by atoms with Crippen LogP contribution in [-0.4, -0.2) is 86.4 Å². The smallest absolute Gasteiger partial charge is 0.377 e. The molecule has 0 saturated carbocycles. The van der Waals surface area contributed by atoms with Crippen molar-refractivity contribution in [2.45, 2.75) is 63.5 Å². The predicted molar refractivity (Wildman–Crippen MR) is 126 cm³/mol. The maximum Gasteiger partial charge on any atom is 0.500 e. The van der Waals surface area contributed by atoms with Gasteiger partial charge in [0.1, 0.15) is 0 Å². The van der Waals surface area contributed by atoms with Gasteiger partial charge in [0, 0.05) is 67.8 Å². The van der Waals surface area contributed by atoms with Gasteiger partial charge in [0.15, 0.2) is 0 Å². The highest BCUT2D eigenvalue weighted by Gasteiger charge is 2.37. The maximum absolute atomic E-state index is 5.44. The second kappa shape index (κ2) is 19.8. The summed E-state index contributed by atoms with van der Waals surface area (Å²) in [6.07, 6.45) is 9.42. The summed E-state index contributed by atoms with van der Waals surface area (Å²) in [7, 11) is 5.31. The second-order valence-corrected chi connectivity index (χ2v) is 13.6. The summed E-state index contributed by atoms with van der Waals surface area (Å²) in [6, 6.07) is 1.78. The zero-order valence-corrected chi connectivity index (χ0v) is 22.3. The predicted octanol–water partition coefficient (Wildman–Crippen LogP) is 3.04. The van der Waals surface area contributed by atoms with E-state index in [0.717, 1.165) is 51.1 Å². The van der Waals surface area contributed by atoms with Crippen LogP contribution < -0.4 is 10.6 Å². The van der Waals surface area contributed by atoms with Crippen LogP contribution in [-0.2, 0) is 26.6 Å². The highest BCUT2D eigenvalue weighted by Crippen LogP contribution is 2.18. The van der Waals surface area contributed by atoms with Crippen LogP contribution in [0, 0.1) is 0 Å². The number of unbranched alkanes of at least 4 members (excludes halogenated alkanes) is 6. The van der Waals surface area contributed by atoms with E-state index in [2.05, 4.69) is 10.6 Å². The lowest BCUT2D eigenvalue weighted by atomic mass is 10.2. The molecule has 0 unspecified atom stereocenters. The Bertz CT molecular complexity index is 325. The molecule has 0 aromatic rings. The first-order chi connectivity index (χ1) is 14.6. The van der Waals surface area contributed by atoms with Crippen LogP contribution in [0.2, 0.25) is 12.1 Å². The van der Waals surface area contributed by atoms with Gasteiger partial charge in [-0.25, -0.2) is 0 Å². The molecule has 0 aromatic heterocycles. The largest absolute Gasteiger partial charge is 0.500 e. The van der Waals surface area contributed by atoms with Gasteiger partial charge in [-0.05, 0) is 38.8 Å². The van der Waals surface area contributed by atoms with Gasteiger partial charge in [-0.2, -0.15) is 0 Å². The van der Waals surface area contributed by atoms with Crippen molar-refractivity contribution < 1.29 is 26.6 Å². The molecule has 0 bridgehead atoms. The van der Waals surface area contributed by atoms with Gasteiger partial charge in [0.05, 0.1) is 0 Å². The van der Waals surface area contributed by atoms with Crippen molar-refractivity contribution in [2.24, 2.45) is 0 Å². The van der Waals surface area contributed by atoms with Crippen molar-refractivity contribution in [2.75, 3.05) is 68.8 Å². The number of rotatable bonds is 23. The normalized spacial score (nSPS) is 12.6. The Morgan fingerprint density at radius 3 is 1.00 bits per heavy atom. The van der Waals surface area contributed by atoms with E-state index in [1.165, 1.54) is 38.5 Å². The number of hydrogen-bond donors (Lipinski definition) is 2. The SMILES string of the molecule is CO[Si](CCCCCCNCCNCCCCCC[Si](OC)(OC)OC)(OC)OC. The molecule has 8 nitrogen and oxygen atoms in total. The minimum atomic E-state index is -2.38. The van der Waals surface area contributed by atoms with Gasteiger partial charge >= 0.3 is 17.6 Å². The molecule has 0 saturated heterocycles. The Labute approximate surface area is 187 Å². The van der Waals surface area contributed by atoms with Crippen LogP contribution in [0.4, 0.5) is 0 Å². The van der Waals surface area contributed by atoms with Crippen LogP contribution in [0.3, 0.4) is 0 Å². The third kappa shape index (κ3) is 13.5.